The van der Waals surface area contributed by atoms with Crippen molar-refractivity contribution in [1.29, 1.82) is 0 Å². The maximum absolute atomic E-state index is 12.2. The number of amides is 1. The van der Waals surface area contributed by atoms with Gasteiger partial charge in [0.15, 0.2) is 0 Å². The van der Waals surface area contributed by atoms with Crippen LogP contribution in [0.3, 0.4) is 0 Å². The van der Waals surface area contributed by atoms with Gasteiger partial charge < -0.3 is 10.6 Å². The van der Waals surface area contributed by atoms with E-state index in [2.05, 4.69) is 0 Å². The Kier molecular flexibility index (Phi) is 5.61. The highest BCUT2D eigenvalue weighted by Gasteiger charge is 2.24. The lowest BCUT2D eigenvalue weighted by Crippen LogP contribution is -2.41. The number of thiocarbonyl (C=S) groups is 1. The molecule has 0 atom stereocenters. The lowest BCUT2D eigenvalue weighted by molar-refractivity contribution is -0.132. The van der Waals surface area contributed by atoms with E-state index in [0.717, 1.165) is 44.7 Å². The van der Waals surface area contributed by atoms with Crippen LogP contribution in [0.15, 0.2) is 0 Å². The summed E-state index contributed by atoms with van der Waals surface area (Å²) >= 11 is 5.03. The molecule has 0 aromatic heterocycles. The first kappa shape index (κ1) is 14.8. The minimum atomic E-state index is 0.340. The predicted octanol–water partition coefficient (Wildman–Crippen LogP) is 2.87. The maximum atomic E-state index is 12.2. The van der Waals surface area contributed by atoms with Crippen LogP contribution >= 0.6 is 12.2 Å². The number of hydrogen-bond donors (Lipinski definition) is 1. The molecular weight excluding hydrogens is 256 g/mol. The molecule has 4 heteroatoms. The van der Waals surface area contributed by atoms with Crippen molar-refractivity contribution >= 4 is 23.1 Å². The first-order valence-electron chi connectivity index (χ1n) is 7.74. The van der Waals surface area contributed by atoms with E-state index in [1.165, 1.54) is 32.1 Å². The first-order valence-corrected chi connectivity index (χ1v) is 8.14. The quantitative estimate of drug-likeness (QED) is 0.807. The molecule has 108 valence electrons. The molecule has 1 heterocycles. The molecule has 2 rings (SSSR count). The van der Waals surface area contributed by atoms with E-state index in [1.807, 2.05) is 4.90 Å². The van der Waals surface area contributed by atoms with E-state index >= 15 is 0 Å². The van der Waals surface area contributed by atoms with Crippen LogP contribution in [0, 0.1) is 11.8 Å². The van der Waals surface area contributed by atoms with Crippen LogP contribution in [0.5, 0.6) is 0 Å². The summed E-state index contributed by atoms with van der Waals surface area (Å²) in [5, 5.41) is 0. The van der Waals surface area contributed by atoms with Crippen LogP contribution < -0.4 is 5.73 Å². The summed E-state index contributed by atoms with van der Waals surface area (Å²) in [6, 6.07) is 0. The maximum Gasteiger partial charge on any atom is 0.222 e. The second-order valence-corrected chi connectivity index (χ2v) is 6.57. The fraction of sp³-hybridized carbons (Fsp3) is 0.867. The van der Waals surface area contributed by atoms with Crippen molar-refractivity contribution in [3.05, 3.63) is 0 Å². The fourth-order valence-electron chi connectivity index (χ4n) is 3.37. The lowest BCUT2D eigenvalue weighted by Gasteiger charge is -2.32. The zero-order chi connectivity index (χ0) is 13.7. The van der Waals surface area contributed by atoms with E-state index in [4.69, 9.17) is 18.0 Å². The van der Waals surface area contributed by atoms with Gasteiger partial charge in [-0.15, -0.1) is 0 Å². The van der Waals surface area contributed by atoms with Gasteiger partial charge in [-0.05, 0) is 25.2 Å². The molecule has 19 heavy (non-hydrogen) atoms. The van der Waals surface area contributed by atoms with Crippen LogP contribution in [0.4, 0.5) is 0 Å². The molecule has 0 aromatic rings. The van der Waals surface area contributed by atoms with Gasteiger partial charge in [0, 0.05) is 25.4 Å². The molecule has 3 nitrogen and oxygen atoms in total. The third kappa shape index (κ3) is 4.44. The van der Waals surface area contributed by atoms with Gasteiger partial charge in [0.2, 0.25) is 5.91 Å². The lowest BCUT2D eigenvalue weighted by atomic mass is 9.86. The van der Waals surface area contributed by atoms with Gasteiger partial charge in [0.05, 0.1) is 4.99 Å². The SMILES string of the molecule is NC(=S)C1CCN(C(=O)CCC2CCCCC2)CC1. The van der Waals surface area contributed by atoms with Crippen molar-refractivity contribution < 1.29 is 4.79 Å². The third-order valence-corrected chi connectivity index (χ3v) is 5.07. The van der Waals surface area contributed by atoms with Gasteiger partial charge in [-0.2, -0.15) is 0 Å². The molecule has 1 aliphatic carbocycles. The summed E-state index contributed by atoms with van der Waals surface area (Å²) in [6.07, 6.45) is 10.5. The third-order valence-electron chi connectivity index (χ3n) is 4.74. The molecule has 0 radical (unpaired) electrons. The van der Waals surface area contributed by atoms with Gasteiger partial charge in [0.1, 0.15) is 0 Å². The summed E-state index contributed by atoms with van der Waals surface area (Å²) in [5.74, 6) is 1.48. The molecule has 1 aliphatic heterocycles. The zero-order valence-electron chi connectivity index (χ0n) is 11.8. The van der Waals surface area contributed by atoms with Crippen molar-refractivity contribution in [1.82, 2.24) is 4.90 Å². The predicted molar refractivity (Wildman–Crippen MR) is 81.9 cm³/mol. The van der Waals surface area contributed by atoms with Crippen LogP contribution in [0.25, 0.3) is 0 Å². The largest absolute Gasteiger partial charge is 0.393 e. The molecule has 1 saturated carbocycles. The molecule has 1 amide bonds. The van der Waals surface area contributed by atoms with Gasteiger partial charge in [-0.1, -0.05) is 44.3 Å². The van der Waals surface area contributed by atoms with Crippen molar-refractivity contribution in [2.45, 2.75) is 57.8 Å². The summed E-state index contributed by atoms with van der Waals surface area (Å²) in [7, 11) is 0. The number of carbonyl (C=O) groups is 1. The van der Waals surface area contributed by atoms with Crippen LogP contribution in [0.2, 0.25) is 0 Å². The Labute approximate surface area is 121 Å². The second kappa shape index (κ2) is 7.22. The molecule has 0 spiro atoms. The molecule has 0 unspecified atom stereocenters. The number of nitrogens with zero attached hydrogens (tertiary/aromatic N) is 1. The fourth-order valence-corrected chi connectivity index (χ4v) is 3.61. The number of hydrogen-bond acceptors (Lipinski definition) is 2. The number of nitrogens with two attached hydrogens (primary N) is 1. The Bertz CT molecular complexity index is 318. The highest BCUT2D eigenvalue weighted by atomic mass is 32.1. The molecule has 0 aromatic carbocycles. The number of piperidine rings is 1. The Morgan fingerprint density at radius 2 is 1.74 bits per heavy atom. The topological polar surface area (TPSA) is 46.3 Å². The Morgan fingerprint density at radius 1 is 1.11 bits per heavy atom. The van der Waals surface area contributed by atoms with E-state index in [0.29, 0.717) is 16.8 Å². The molecule has 0 bridgehead atoms. The zero-order valence-corrected chi connectivity index (χ0v) is 12.6. The molecule has 2 N–H and O–H groups in total. The normalized spacial score (nSPS) is 22.4. The average Bonchev–Trinajstić information content (AvgIpc) is 2.46. The van der Waals surface area contributed by atoms with Crippen LogP contribution in [0.1, 0.15) is 57.8 Å². The summed E-state index contributed by atoms with van der Waals surface area (Å²) in [6.45, 7) is 1.68. The van der Waals surface area contributed by atoms with E-state index in [-0.39, 0.29) is 0 Å². The van der Waals surface area contributed by atoms with Crippen molar-refractivity contribution in [3.63, 3.8) is 0 Å². The molecule has 2 fully saturated rings. The Hall–Kier alpha value is -0.640. The van der Waals surface area contributed by atoms with Crippen molar-refractivity contribution in [3.8, 4) is 0 Å². The highest BCUT2D eigenvalue weighted by molar-refractivity contribution is 7.80. The summed E-state index contributed by atoms with van der Waals surface area (Å²) in [4.78, 5) is 14.8. The number of likely N-dealkylation sites (tertiary alicyclic amines) is 1. The Morgan fingerprint density at radius 3 is 2.32 bits per heavy atom. The van der Waals surface area contributed by atoms with E-state index in [9.17, 15) is 4.79 Å². The smallest absolute Gasteiger partial charge is 0.222 e. The molecular formula is C15H26N2OS. The van der Waals surface area contributed by atoms with Gasteiger partial charge >= 0.3 is 0 Å². The van der Waals surface area contributed by atoms with E-state index in [1.54, 1.807) is 0 Å². The van der Waals surface area contributed by atoms with Crippen molar-refractivity contribution in [2.24, 2.45) is 17.6 Å². The van der Waals surface area contributed by atoms with Gasteiger partial charge in [0.25, 0.3) is 0 Å². The minimum Gasteiger partial charge on any atom is -0.393 e. The number of rotatable bonds is 4. The van der Waals surface area contributed by atoms with Crippen molar-refractivity contribution in [2.75, 3.05) is 13.1 Å². The van der Waals surface area contributed by atoms with Crippen LogP contribution in [-0.4, -0.2) is 28.9 Å². The molecule has 1 saturated heterocycles. The minimum absolute atomic E-state index is 0.340. The van der Waals surface area contributed by atoms with Gasteiger partial charge in [-0.25, -0.2) is 0 Å². The van der Waals surface area contributed by atoms with Crippen LogP contribution in [-0.2, 0) is 4.79 Å². The molecule has 2 aliphatic rings. The standard InChI is InChI=1S/C15H26N2OS/c16-15(19)13-8-10-17(11-9-13)14(18)7-6-12-4-2-1-3-5-12/h12-13H,1-11H2,(H2,16,19). The summed E-state index contributed by atoms with van der Waals surface area (Å²) < 4.78 is 0. The average molecular weight is 282 g/mol. The van der Waals surface area contributed by atoms with Gasteiger partial charge in [-0.3, -0.25) is 4.79 Å². The van der Waals surface area contributed by atoms with E-state index < -0.39 is 0 Å². The summed E-state index contributed by atoms with van der Waals surface area (Å²) in [5.41, 5.74) is 5.67. The monoisotopic (exact) mass is 282 g/mol. The second-order valence-electron chi connectivity index (χ2n) is 6.10. The number of carbonyl (C=O) groups excluding carboxylic acids is 1. The Balaban J connectivity index is 1.67. The highest BCUT2D eigenvalue weighted by Crippen LogP contribution is 2.28. The first-order chi connectivity index (χ1) is 9.16.